The van der Waals surface area contributed by atoms with Crippen molar-refractivity contribution in [3.63, 3.8) is 0 Å². The number of rotatable bonds is 4. The van der Waals surface area contributed by atoms with Crippen molar-refractivity contribution in [3.05, 3.63) is 35.9 Å². The quantitative estimate of drug-likeness (QED) is 0.813. The van der Waals surface area contributed by atoms with Crippen LogP contribution in [0.2, 0.25) is 0 Å². The third-order valence-corrected chi connectivity index (χ3v) is 2.68. The topological polar surface area (TPSA) is 55.1 Å². The first-order valence-corrected chi connectivity index (χ1v) is 5.63. The molecule has 1 aromatic carbocycles. The van der Waals surface area contributed by atoms with Gasteiger partial charge in [-0.25, -0.2) is 0 Å². The van der Waals surface area contributed by atoms with Crippen molar-refractivity contribution in [2.24, 2.45) is 11.7 Å². The Morgan fingerprint density at radius 3 is 2.25 bits per heavy atom. The molecule has 16 heavy (non-hydrogen) atoms. The van der Waals surface area contributed by atoms with E-state index in [1.165, 1.54) is 0 Å². The molecule has 1 amide bonds. The molecule has 3 heteroatoms. The second-order valence-electron chi connectivity index (χ2n) is 4.41. The maximum atomic E-state index is 11.7. The van der Waals surface area contributed by atoms with Crippen LogP contribution in [0.25, 0.3) is 0 Å². The highest BCUT2D eigenvalue weighted by Crippen LogP contribution is 2.11. The second kappa shape index (κ2) is 5.66. The van der Waals surface area contributed by atoms with E-state index in [1.54, 1.807) is 0 Å². The van der Waals surface area contributed by atoms with Gasteiger partial charge in [0.15, 0.2) is 0 Å². The lowest BCUT2D eigenvalue weighted by Crippen LogP contribution is -2.44. The highest BCUT2D eigenvalue weighted by molar-refractivity contribution is 5.82. The zero-order valence-electron chi connectivity index (χ0n) is 10.1. The van der Waals surface area contributed by atoms with Gasteiger partial charge in [-0.2, -0.15) is 0 Å². The lowest BCUT2D eigenvalue weighted by molar-refractivity contribution is -0.123. The first-order valence-electron chi connectivity index (χ1n) is 5.63. The summed E-state index contributed by atoms with van der Waals surface area (Å²) in [6, 6.07) is 9.42. The molecule has 1 aromatic rings. The average Bonchev–Trinajstić information content (AvgIpc) is 2.28. The van der Waals surface area contributed by atoms with Crippen molar-refractivity contribution >= 4 is 5.91 Å². The smallest absolute Gasteiger partial charge is 0.237 e. The molecule has 3 N–H and O–H groups in total. The molecular formula is C13H20N2O. The molecule has 0 aromatic heterocycles. The Kier molecular flexibility index (Phi) is 4.50. The SMILES string of the molecule is CC(C)[C@H](N)C(=O)N[C@@H](C)c1ccccc1. The minimum absolute atomic E-state index is 0.00139. The zero-order valence-corrected chi connectivity index (χ0v) is 10.1. The Morgan fingerprint density at radius 2 is 1.75 bits per heavy atom. The first-order chi connectivity index (χ1) is 7.52. The summed E-state index contributed by atoms with van der Waals surface area (Å²) in [4.78, 5) is 11.7. The van der Waals surface area contributed by atoms with Gasteiger partial charge in [0.05, 0.1) is 12.1 Å². The van der Waals surface area contributed by atoms with Crippen molar-refractivity contribution in [2.45, 2.75) is 32.9 Å². The molecule has 0 aliphatic heterocycles. The van der Waals surface area contributed by atoms with E-state index in [4.69, 9.17) is 5.73 Å². The van der Waals surface area contributed by atoms with E-state index in [0.29, 0.717) is 0 Å². The van der Waals surface area contributed by atoms with Gasteiger partial charge in [-0.05, 0) is 18.4 Å². The summed E-state index contributed by atoms with van der Waals surface area (Å²) in [7, 11) is 0. The Hall–Kier alpha value is -1.35. The predicted octanol–water partition coefficient (Wildman–Crippen LogP) is 1.85. The lowest BCUT2D eigenvalue weighted by atomic mass is 10.0. The van der Waals surface area contributed by atoms with Crippen molar-refractivity contribution in [1.29, 1.82) is 0 Å². The van der Waals surface area contributed by atoms with Crippen molar-refractivity contribution < 1.29 is 4.79 Å². The van der Waals surface area contributed by atoms with Crippen LogP contribution in [-0.2, 0) is 4.79 Å². The van der Waals surface area contributed by atoms with E-state index >= 15 is 0 Å². The highest BCUT2D eigenvalue weighted by atomic mass is 16.2. The van der Waals surface area contributed by atoms with Crippen molar-refractivity contribution in [3.8, 4) is 0 Å². The minimum atomic E-state index is -0.439. The Labute approximate surface area is 97.0 Å². The summed E-state index contributed by atoms with van der Waals surface area (Å²) in [5.74, 6) is 0.0642. The number of nitrogens with two attached hydrogens (primary N) is 1. The highest BCUT2D eigenvalue weighted by Gasteiger charge is 2.19. The Balaban J connectivity index is 2.58. The van der Waals surface area contributed by atoms with Crippen LogP contribution in [-0.4, -0.2) is 11.9 Å². The van der Waals surface area contributed by atoms with E-state index in [-0.39, 0.29) is 17.9 Å². The standard InChI is InChI=1S/C13H20N2O/c1-9(2)12(14)13(16)15-10(3)11-7-5-4-6-8-11/h4-10,12H,14H2,1-3H3,(H,15,16)/t10-,12-/m0/s1. The average molecular weight is 220 g/mol. The van der Waals surface area contributed by atoms with Gasteiger partial charge in [0.2, 0.25) is 5.91 Å². The van der Waals surface area contributed by atoms with Gasteiger partial charge >= 0.3 is 0 Å². The van der Waals surface area contributed by atoms with E-state index in [9.17, 15) is 4.79 Å². The third-order valence-electron chi connectivity index (χ3n) is 2.68. The first kappa shape index (κ1) is 12.7. The maximum absolute atomic E-state index is 11.7. The van der Waals surface area contributed by atoms with Gasteiger partial charge in [0.25, 0.3) is 0 Å². The molecule has 0 spiro atoms. The number of amides is 1. The monoisotopic (exact) mass is 220 g/mol. The Bertz CT molecular complexity index is 335. The fraction of sp³-hybridized carbons (Fsp3) is 0.462. The molecule has 0 radical (unpaired) electrons. The number of nitrogens with one attached hydrogen (secondary N) is 1. The van der Waals surface area contributed by atoms with Crippen LogP contribution in [0.15, 0.2) is 30.3 Å². The number of hydrogen-bond acceptors (Lipinski definition) is 2. The van der Waals surface area contributed by atoms with Crippen LogP contribution in [0, 0.1) is 5.92 Å². The fourth-order valence-corrected chi connectivity index (χ4v) is 1.44. The Morgan fingerprint density at radius 1 is 1.19 bits per heavy atom. The molecule has 2 atom stereocenters. The van der Waals surface area contributed by atoms with Crippen molar-refractivity contribution in [1.82, 2.24) is 5.32 Å². The van der Waals surface area contributed by atoms with E-state index < -0.39 is 6.04 Å². The normalized spacial score (nSPS) is 14.6. The van der Waals surface area contributed by atoms with Crippen LogP contribution in [0.1, 0.15) is 32.4 Å². The summed E-state index contributed by atoms with van der Waals surface area (Å²) in [5, 5.41) is 2.91. The van der Waals surface area contributed by atoms with Crippen LogP contribution in [0.5, 0.6) is 0 Å². The molecule has 0 saturated heterocycles. The maximum Gasteiger partial charge on any atom is 0.237 e. The molecule has 0 bridgehead atoms. The fourth-order valence-electron chi connectivity index (χ4n) is 1.44. The molecular weight excluding hydrogens is 200 g/mol. The molecule has 0 unspecified atom stereocenters. The predicted molar refractivity (Wildman–Crippen MR) is 65.8 cm³/mol. The van der Waals surface area contributed by atoms with E-state index in [2.05, 4.69) is 5.32 Å². The largest absolute Gasteiger partial charge is 0.348 e. The molecule has 88 valence electrons. The lowest BCUT2D eigenvalue weighted by Gasteiger charge is -2.19. The molecule has 1 rings (SSSR count). The summed E-state index contributed by atoms with van der Waals surface area (Å²) in [5.41, 5.74) is 6.86. The molecule has 0 aliphatic carbocycles. The molecule has 0 fully saturated rings. The number of hydrogen-bond donors (Lipinski definition) is 2. The number of carbonyl (C=O) groups excluding carboxylic acids is 1. The minimum Gasteiger partial charge on any atom is -0.348 e. The molecule has 0 aliphatic rings. The van der Waals surface area contributed by atoms with Gasteiger partial charge in [-0.1, -0.05) is 44.2 Å². The summed E-state index contributed by atoms with van der Waals surface area (Å²) < 4.78 is 0. The third kappa shape index (κ3) is 3.35. The van der Waals surface area contributed by atoms with Gasteiger partial charge in [0.1, 0.15) is 0 Å². The molecule has 0 saturated carbocycles. The van der Waals surface area contributed by atoms with Crippen LogP contribution in [0.4, 0.5) is 0 Å². The van der Waals surface area contributed by atoms with Gasteiger partial charge in [-0.15, -0.1) is 0 Å². The van der Waals surface area contributed by atoms with Gasteiger partial charge < -0.3 is 11.1 Å². The molecule has 0 heterocycles. The number of benzene rings is 1. The zero-order chi connectivity index (χ0) is 12.1. The van der Waals surface area contributed by atoms with Crippen LogP contribution in [0.3, 0.4) is 0 Å². The summed E-state index contributed by atoms with van der Waals surface area (Å²) in [6.45, 7) is 5.84. The second-order valence-corrected chi connectivity index (χ2v) is 4.41. The summed E-state index contributed by atoms with van der Waals surface area (Å²) in [6.07, 6.45) is 0. The van der Waals surface area contributed by atoms with Gasteiger partial charge in [0, 0.05) is 0 Å². The van der Waals surface area contributed by atoms with Gasteiger partial charge in [-0.3, -0.25) is 4.79 Å². The number of carbonyl (C=O) groups is 1. The van der Waals surface area contributed by atoms with Crippen LogP contribution >= 0.6 is 0 Å². The van der Waals surface area contributed by atoms with E-state index in [0.717, 1.165) is 5.56 Å². The van der Waals surface area contributed by atoms with E-state index in [1.807, 2.05) is 51.1 Å². The van der Waals surface area contributed by atoms with Crippen molar-refractivity contribution in [2.75, 3.05) is 0 Å². The summed E-state index contributed by atoms with van der Waals surface area (Å²) >= 11 is 0. The molecule has 3 nitrogen and oxygen atoms in total. The van der Waals surface area contributed by atoms with Crippen LogP contribution < -0.4 is 11.1 Å².